The van der Waals surface area contributed by atoms with Gasteiger partial charge in [0.1, 0.15) is 5.56 Å². The highest BCUT2D eigenvalue weighted by Gasteiger charge is 2.31. The fourth-order valence-corrected chi connectivity index (χ4v) is 2.15. The van der Waals surface area contributed by atoms with E-state index in [1.807, 2.05) is 6.07 Å². The molecule has 0 aliphatic rings. The first-order valence-corrected chi connectivity index (χ1v) is 6.69. The van der Waals surface area contributed by atoms with Crippen molar-refractivity contribution in [2.24, 2.45) is 0 Å². The molecule has 0 radical (unpaired) electrons. The van der Waals surface area contributed by atoms with E-state index in [9.17, 15) is 25.0 Å². The Labute approximate surface area is 131 Å². The average Bonchev–Trinajstić information content (AvgIpc) is 2.54. The fraction of sp³-hybridized carbons (Fsp3) is 0.133. The lowest BCUT2D eigenvalue weighted by Crippen LogP contribution is -2.27. The van der Waals surface area contributed by atoms with E-state index in [4.69, 9.17) is 0 Å². The van der Waals surface area contributed by atoms with Gasteiger partial charge in [0.25, 0.3) is 5.91 Å². The fourth-order valence-electron chi connectivity index (χ4n) is 2.15. The van der Waals surface area contributed by atoms with Crippen molar-refractivity contribution in [2.75, 3.05) is 0 Å². The van der Waals surface area contributed by atoms with Crippen LogP contribution in [-0.4, -0.2) is 15.8 Å². The minimum absolute atomic E-state index is 0.341. The Morgan fingerprint density at radius 1 is 1.00 bits per heavy atom. The molecular weight excluding hydrogens is 302 g/mol. The van der Waals surface area contributed by atoms with E-state index in [2.05, 4.69) is 5.32 Å². The lowest BCUT2D eigenvalue weighted by atomic mass is 10.1. The van der Waals surface area contributed by atoms with Crippen LogP contribution >= 0.6 is 0 Å². The van der Waals surface area contributed by atoms with Crippen LogP contribution in [0.4, 0.5) is 11.4 Å². The predicted molar refractivity (Wildman–Crippen MR) is 82.1 cm³/mol. The van der Waals surface area contributed by atoms with Crippen molar-refractivity contribution in [1.29, 1.82) is 0 Å². The van der Waals surface area contributed by atoms with Crippen LogP contribution in [-0.2, 0) is 0 Å². The molecule has 118 valence electrons. The van der Waals surface area contributed by atoms with Gasteiger partial charge in [0, 0.05) is 6.07 Å². The maximum absolute atomic E-state index is 12.3. The molecule has 0 spiro atoms. The van der Waals surface area contributed by atoms with E-state index in [1.165, 1.54) is 12.1 Å². The standard InChI is InChI=1S/C15H13N3O5/c1-10(11-6-3-2-4-7-11)16-15(19)12-8-5-9-13(17(20)21)14(12)18(22)23/h2-10H,1H3,(H,16,19). The predicted octanol–water partition coefficient (Wildman–Crippen LogP) is 2.99. The summed E-state index contributed by atoms with van der Waals surface area (Å²) >= 11 is 0. The molecule has 1 amide bonds. The van der Waals surface area contributed by atoms with E-state index < -0.39 is 33.2 Å². The quantitative estimate of drug-likeness (QED) is 0.672. The van der Waals surface area contributed by atoms with E-state index in [1.54, 1.807) is 31.2 Å². The smallest absolute Gasteiger partial charge is 0.345 e. The van der Waals surface area contributed by atoms with E-state index >= 15 is 0 Å². The lowest BCUT2D eigenvalue weighted by molar-refractivity contribution is -0.422. The Morgan fingerprint density at radius 2 is 1.65 bits per heavy atom. The summed E-state index contributed by atoms with van der Waals surface area (Å²) in [6, 6.07) is 12.0. The van der Waals surface area contributed by atoms with Crippen molar-refractivity contribution in [3.8, 4) is 0 Å². The zero-order chi connectivity index (χ0) is 17.0. The number of amides is 1. The van der Waals surface area contributed by atoms with Crippen molar-refractivity contribution in [3.05, 3.63) is 79.9 Å². The molecule has 1 atom stereocenters. The van der Waals surface area contributed by atoms with E-state index in [0.717, 1.165) is 11.6 Å². The van der Waals surface area contributed by atoms with Gasteiger partial charge in [0.15, 0.2) is 0 Å². The summed E-state index contributed by atoms with van der Waals surface area (Å²) in [6.45, 7) is 1.72. The summed E-state index contributed by atoms with van der Waals surface area (Å²) in [5, 5.41) is 24.7. The van der Waals surface area contributed by atoms with Crippen LogP contribution in [0.3, 0.4) is 0 Å². The summed E-state index contributed by atoms with van der Waals surface area (Å²) in [7, 11) is 0. The second-order valence-corrected chi connectivity index (χ2v) is 4.79. The Bertz CT molecular complexity index is 761. The Morgan fingerprint density at radius 3 is 2.22 bits per heavy atom. The largest absolute Gasteiger partial charge is 0.358 e. The monoisotopic (exact) mass is 315 g/mol. The van der Waals surface area contributed by atoms with Gasteiger partial charge in [-0.2, -0.15) is 0 Å². The van der Waals surface area contributed by atoms with Crippen LogP contribution in [0.25, 0.3) is 0 Å². The Balaban J connectivity index is 2.34. The molecular formula is C15H13N3O5. The SMILES string of the molecule is CC(NC(=O)c1cccc([N+](=O)[O-])c1[N+](=O)[O-])c1ccccc1. The number of nitro benzene ring substituents is 2. The lowest BCUT2D eigenvalue weighted by Gasteiger charge is -2.14. The third-order valence-electron chi connectivity index (χ3n) is 3.29. The van der Waals surface area contributed by atoms with E-state index in [-0.39, 0.29) is 5.56 Å². The highest BCUT2D eigenvalue weighted by atomic mass is 16.6. The molecule has 2 rings (SSSR count). The maximum atomic E-state index is 12.3. The van der Waals surface area contributed by atoms with Gasteiger partial charge < -0.3 is 5.32 Å². The van der Waals surface area contributed by atoms with Crippen molar-refractivity contribution in [1.82, 2.24) is 5.32 Å². The number of benzene rings is 2. The molecule has 2 aromatic rings. The van der Waals surface area contributed by atoms with Gasteiger partial charge in [0.05, 0.1) is 15.9 Å². The molecule has 0 fully saturated rings. The van der Waals surface area contributed by atoms with Gasteiger partial charge in [-0.05, 0) is 18.6 Å². The number of hydrogen-bond donors (Lipinski definition) is 1. The van der Waals surface area contributed by atoms with Crippen molar-refractivity contribution < 1.29 is 14.6 Å². The molecule has 0 saturated carbocycles. The number of carbonyl (C=O) groups excluding carboxylic acids is 1. The van der Waals surface area contributed by atoms with Crippen LogP contribution < -0.4 is 5.32 Å². The van der Waals surface area contributed by atoms with Gasteiger partial charge in [0.2, 0.25) is 0 Å². The van der Waals surface area contributed by atoms with Crippen molar-refractivity contribution in [2.45, 2.75) is 13.0 Å². The number of nitro groups is 2. The number of nitrogens with one attached hydrogen (secondary N) is 1. The third-order valence-corrected chi connectivity index (χ3v) is 3.29. The van der Waals surface area contributed by atoms with Gasteiger partial charge in [-0.1, -0.05) is 36.4 Å². The van der Waals surface area contributed by atoms with Gasteiger partial charge >= 0.3 is 11.4 Å². The van der Waals surface area contributed by atoms with Crippen LogP contribution in [0.5, 0.6) is 0 Å². The molecule has 0 aliphatic carbocycles. The molecule has 1 N–H and O–H groups in total. The second kappa shape index (κ2) is 6.65. The molecule has 1 unspecified atom stereocenters. The zero-order valence-corrected chi connectivity index (χ0v) is 12.1. The Hall–Kier alpha value is -3.29. The average molecular weight is 315 g/mol. The molecule has 0 heterocycles. The first kappa shape index (κ1) is 16.1. The molecule has 0 aromatic heterocycles. The van der Waals surface area contributed by atoms with Crippen LogP contribution in [0.15, 0.2) is 48.5 Å². The topological polar surface area (TPSA) is 115 Å². The summed E-state index contributed by atoms with van der Waals surface area (Å²) < 4.78 is 0. The second-order valence-electron chi connectivity index (χ2n) is 4.79. The first-order valence-electron chi connectivity index (χ1n) is 6.69. The number of nitrogens with zero attached hydrogens (tertiary/aromatic N) is 2. The molecule has 0 bridgehead atoms. The summed E-state index contributed by atoms with van der Waals surface area (Å²) in [5.41, 5.74) is -1.05. The first-order chi connectivity index (χ1) is 10.9. The molecule has 23 heavy (non-hydrogen) atoms. The van der Waals surface area contributed by atoms with Crippen molar-refractivity contribution >= 4 is 17.3 Å². The molecule has 8 nitrogen and oxygen atoms in total. The molecule has 0 aliphatic heterocycles. The number of rotatable bonds is 5. The number of carbonyl (C=O) groups is 1. The highest BCUT2D eigenvalue weighted by molar-refractivity contribution is 5.99. The molecule has 8 heteroatoms. The van der Waals surface area contributed by atoms with Crippen LogP contribution in [0, 0.1) is 20.2 Å². The van der Waals surface area contributed by atoms with Gasteiger partial charge in [-0.25, -0.2) is 0 Å². The minimum Gasteiger partial charge on any atom is -0.345 e. The van der Waals surface area contributed by atoms with Crippen molar-refractivity contribution in [3.63, 3.8) is 0 Å². The van der Waals surface area contributed by atoms with Crippen LogP contribution in [0.1, 0.15) is 28.9 Å². The molecule has 2 aromatic carbocycles. The maximum Gasteiger partial charge on any atom is 0.358 e. The minimum atomic E-state index is -0.916. The summed E-state index contributed by atoms with van der Waals surface area (Å²) in [5.74, 6) is -0.739. The third kappa shape index (κ3) is 3.49. The number of hydrogen-bond acceptors (Lipinski definition) is 5. The summed E-state index contributed by atoms with van der Waals surface area (Å²) in [4.78, 5) is 32.5. The number of para-hydroxylation sites is 1. The summed E-state index contributed by atoms with van der Waals surface area (Å²) in [6.07, 6.45) is 0. The highest BCUT2D eigenvalue weighted by Crippen LogP contribution is 2.30. The molecule has 0 saturated heterocycles. The van der Waals surface area contributed by atoms with Crippen LogP contribution in [0.2, 0.25) is 0 Å². The normalized spacial score (nSPS) is 11.5. The van der Waals surface area contributed by atoms with E-state index in [0.29, 0.717) is 0 Å². The van der Waals surface area contributed by atoms with Gasteiger partial charge in [-0.15, -0.1) is 0 Å². The van der Waals surface area contributed by atoms with Gasteiger partial charge in [-0.3, -0.25) is 25.0 Å². The Kier molecular flexibility index (Phi) is 4.65. The zero-order valence-electron chi connectivity index (χ0n) is 12.1.